The summed E-state index contributed by atoms with van der Waals surface area (Å²) in [5.74, 6) is -0.0646. The summed E-state index contributed by atoms with van der Waals surface area (Å²) < 4.78 is 11.4. The van der Waals surface area contributed by atoms with Gasteiger partial charge in [-0.05, 0) is 40.8 Å². The number of aromatic nitrogens is 2. The van der Waals surface area contributed by atoms with E-state index < -0.39 is 24.1 Å². The third kappa shape index (κ3) is 10.8. The van der Waals surface area contributed by atoms with Gasteiger partial charge in [-0.15, -0.1) is 0 Å². The summed E-state index contributed by atoms with van der Waals surface area (Å²) >= 11 is 0. The number of nitrogens with zero attached hydrogens (tertiary/aromatic N) is 2. The second-order valence-electron chi connectivity index (χ2n) is 11.6. The first-order chi connectivity index (χ1) is 23.9. The fourth-order valence-electron chi connectivity index (χ4n) is 5.30. The molecule has 1 aromatic heterocycles. The Balaban J connectivity index is 1.29. The van der Waals surface area contributed by atoms with Gasteiger partial charge in [0.2, 0.25) is 11.8 Å². The number of nitrogens with one attached hydrogen (secondary N) is 3. The fourth-order valence-corrected chi connectivity index (χ4v) is 5.30. The maximum atomic E-state index is 14.1. The van der Waals surface area contributed by atoms with Crippen LogP contribution >= 0.6 is 0 Å². The Kier molecular flexibility index (Phi) is 12.6. The van der Waals surface area contributed by atoms with Crippen LogP contribution in [0, 0.1) is 0 Å². The van der Waals surface area contributed by atoms with Crippen LogP contribution in [0.1, 0.15) is 27.9 Å². The summed E-state index contributed by atoms with van der Waals surface area (Å²) in [7, 11) is 1.58. The standard InChI is InChI=1S/C39H41N5O5/c1-44(38(46)35(24-33-25-40-28-42-33)43-39(47)49-27-32-15-9-4-10-16-32)36(37(45)41-22-21-29-11-5-2-6-12-29)23-30-17-19-34(20-18-30)48-26-31-13-7-3-8-14-31/h2-20,25,28,35-36H,21-24,26-27H2,1H3,(H,40,42)(H,41,45)(H,43,47)/t35-,36-/m1/s1. The van der Waals surface area contributed by atoms with Crippen LogP contribution in [0.4, 0.5) is 4.79 Å². The minimum Gasteiger partial charge on any atom is -0.489 e. The van der Waals surface area contributed by atoms with E-state index in [-0.39, 0.29) is 25.4 Å². The Morgan fingerprint density at radius 3 is 1.98 bits per heavy atom. The molecule has 5 rings (SSSR count). The zero-order valence-electron chi connectivity index (χ0n) is 27.5. The van der Waals surface area contributed by atoms with Gasteiger partial charge in [-0.2, -0.15) is 0 Å². The number of H-pyrrole nitrogens is 1. The van der Waals surface area contributed by atoms with Crippen LogP contribution in [0.2, 0.25) is 0 Å². The van der Waals surface area contributed by atoms with E-state index in [0.717, 1.165) is 22.3 Å². The molecule has 0 aliphatic heterocycles. The van der Waals surface area contributed by atoms with Gasteiger partial charge >= 0.3 is 6.09 Å². The van der Waals surface area contributed by atoms with Crippen LogP contribution in [-0.4, -0.2) is 58.5 Å². The molecule has 0 bridgehead atoms. The summed E-state index contributed by atoms with van der Waals surface area (Å²) in [6.45, 7) is 0.875. The van der Waals surface area contributed by atoms with Crippen LogP contribution in [0.25, 0.3) is 0 Å². The van der Waals surface area contributed by atoms with Crippen LogP contribution in [0.15, 0.2) is 128 Å². The Morgan fingerprint density at radius 1 is 0.755 bits per heavy atom. The highest BCUT2D eigenvalue weighted by Crippen LogP contribution is 2.18. The maximum Gasteiger partial charge on any atom is 0.408 e. The van der Waals surface area contributed by atoms with Gasteiger partial charge in [-0.3, -0.25) is 9.59 Å². The average Bonchev–Trinajstić information content (AvgIpc) is 3.66. The molecule has 0 saturated heterocycles. The fraction of sp³-hybridized carbons (Fsp3) is 0.231. The lowest BCUT2D eigenvalue weighted by molar-refractivity contribution is -0.140. The molecule has 49 heavy (non-hydrogen) atoms. The van der Waals surface area contributed by atoms with E-state index in [2.05, 4.69) is 20.6 Å². The number of benzene rings is 4. The second kappa shape index (κ2) is 17.9. The molecule has 10 nitrogen and oxygen atoms in total. The normalized spacial score (nSPS) is 11.9. The number of rotatable bonds is 16. The SMILES string of the molecule is CN(C(=O)[C@@H](Cc1c[nH]cn1)NC(=O)OCc1ccccc1)[C@H](Cc1ccc(OCc2ccccc2)cc1)C(=O)NCCc1ccccc1. The minimum absolute atomic E-state index is 0.0450. The van der Waals surface area contributed by atoms with Crippen molar-refractivity contribution >= 4 is 17.9 Å². The molecule has 0 spiro atoms. The topological polar surface area (TPSA) is 126 Å². The first-order valence-corrected chi connectivity index (χ1v) is 16.2. The van der Waals surface area contributed by atoms with Gasteiger partial charge in [0.25, 0.3) is 0 Å². The molecule has 0 aliphatic carbocycles. The van der Waals surface area contributed by atoms with Crippen molar-refractivity contribution in [2.24, 2.45) is 0 Å². The lowest BCUT2D eigenvalue weighted by atomic mass is 10.0. The molecular formula is C39H41N5O5. The minimum atomic E-state index is -1.04. The van der Waals surface area contributed by atoms with E-state index >= 15 is 0 Å². The molecule has 4 aromatic carbocycles. The number of imidazole rings is 1. The van der Waals surface area contributed by atoms with Crippen molar-refractivity contribution in [3.05, 3.63) is 156 Å². The lowest BCUT2D eigenvalue weighted by Crippen LogP contribution is -2.56. The Bertz CT molecular complexity index is 1730. The smallest absolute Gasteiger partial charge is 0.408 e. The third-order valence-electron chi connectivity index (χ3n) is 8.05. The number of hydrogen-bond donors (Lipinski definition) is 3. The Labute approximate surface area is 286 Å². The van der Waals surface area contributed by atoms with Crippen molar-refractivity contribution in [3.8, 4) is 5.75 Å². The molecule has 0 saturated carbocycles. The van der Waals surface area contributed by atoms with E-state index in [9.17, 15) is 14.4 Å². The van der Waals surface area contributed by atoms with Gasteiger partial charge in [-0.25, -0.2) is 9.78 Å². The molecule has 0 unspecified atom stereocenters. The van der Waals surface area contributed by atoms with Crippen molar-refractivity contribution in [2.45, 2.75) is 44.6 Å². The van der Waals surface area contributed by atoms with Gasteiger partial charge in [0.15, 0.2) is 0 Å². The second-order valence-corrected chi connectivity index (χ2v) is 11.6. The quantitative estimate of drug-likeness (QED) is 0.133. The molecule has 5 aromatic rings. The van der Waals surface area contributed by atoms with Crippen LogP contribution < -0.4 is 15.4 Å². The number of alkyl carbamates (subject to hydrolysis) is 1. The van der Waals surface area contributed by atoms with E-state index in [1.54, 1.807) is 13.2 Å². The number of amides is 3. The first-order valence-electron chi connectivity index (χ1n) is 16.2. The molecular weight excluding hydrogens is 618 g/mol. The van der Waals surface area contributed by atoms with Crippen LogP contribution in [0.5, 0.6) is 5.75 Å². The summed E-state index contributed by atoms with van der Waals surface area (Å²) in [6.07, 6.45) is 3.40. The van der Waals surface area contributed by atoms with E-state index in [1.165, 1.54) is 11.2 Å². The number of carbonyl (C=O) groups is 3. The molecule has 0 aliphatic rings. The number of ether oxygens (including phenoxy) is 2. The summed E-state index contributed by atoms with van der Waals surface area (Å²) in [5.41, 5.74) is 4.38. The van der Waals surface area contributed by atoms with Crippen molar-refractivity contribution in [3.63, 3.8) is 0 Å². The van der Waals surface area contributed by atoms with Crippen LogP contribution in [0.3, 0.4) is 0 Å². The van der Waals surface area contributed by atoms with Gasteiger partial charge in [0.1, 0.15) is 31.0 Å². The van der Waals surface area contributed by atoms with Crippen molar-refractivity contribution in [1.29, 1.82) is 0 Å². The largest absolute Gasteiger partial charge is 0.489 e. The predicted octanol–water partition coefficient (Wildman–Crippen LogP) is 5.25. The van der Waals surface area contributed by atoms with Crippen molar-refractivity contribution < 1.29 is 23.9 Å². The Morgan fingerprint density at radius 2 is 1.37 bits per heavy atom. The van der Waals surface area contributed by atoms with Crippen molar-refractivity contribution in [1.82, 2.24) is 25.5 Å². The van der Waals surface area contributed by atoms with Crippen LogP contribution in [-0.2, 0) is 46.8 Å². The molecule has 252 valence electrons. The van der Waals surface area contributed by atoms with Crippen molar-refractivity contribution in [2.75, 3.05) is 13.6 Å². The zero-order valence-corrected chi connectivity index (χ0v) is 27.5. The number of hydrogen-bond acceptors (Lipinski definition) is 6. The Hall–Kier alpha value is -5.90. The zero-order chi connectivity index (χ0) is 34.3. The molecule has 0 radical (unpaired) electrons. The van der Waals surface area contributed by atoms with Gasteiger partial charge in [-0.1, -0.05) is 103 Å². The monoisotopic (exact) mass is 659 g/mol. The number of carbonyl (C=O) groups excluding carboxylic acids is 3. The molecule has 10 heteroatoms. The molecule has 0 fully saturated rings. The summed E-state index contributed by atoms with van der Waals surface area (Å²) in [4.78, 5) is 49.3. The van der Waals surface area contributed by atoms with E-state index in [1.807, 2.05) is 115 Å². The number of likely N-dealkylation sites (N-methyl/N-ethyl adjacent to an activating group) is 1. The van der Waals surface area contributed by atoms with Gasteiger partial charge in [0.05, 0.1) is 12.0 Å². The highest BCUT2D eigenvalue weighted by atomic mass is 16.5. The highest BCUT2D eigenvalue weighted by molar-refractivity contribution is 5.91. The van der Waals surface area contributed by atoms with E-state index in [4.69, 9.17) is 9.47 Å². The first kappa shape index (κ1) is 34.4. The predicted molar refractivity (Wildman–Crippen MR) is 186 cm³/mol. The number of aromatic amines is 1. The molecule has 2 atom stereocenters. The average molecular weight is 660 g/mol. The summed E-state index contributed by atoms with van der Waals surface area (Å²) in [5, 5.41) is 5.72. The van der Waals surface area contributed by atoms with Gasteiger partial charge in [0, 0.05) is 32.6 Å². The lowest BCUT2D eigenvalue weighted by Gasteiger charge is -2.31. The highest BCUT2D eigenvalue weighted by Gasteiger charge is 2.33. The summed E-state index contributed by atoms with van der Waals surface area (Å²) in [6, 6.07) is 34.6. The van der Waals surface area contributed by atoms with E-state index in [0.29, 0.717) is 31.0 Å². The maximum absolute atomic E-state index is 14.1. The molecule has 3 amide bonds. The molecule has 1 heterocycles. The molecule has 3 N–H and O–H groups in total. The van der Waals surface area contributed by atoms with Gasteiger partial charge < -0.3 is 30.0 Å². The third-order valence-corrected chi connectivity index (χ3v) is 8.05.